The minimum absolute atomic E-state index is 0.789. The highest BCUT2D eigenvalue weighted by atomic mass is 15.3. The van der Waals surface area contributed by atoms with Gasteiger partial charge in [0.05, 0.1) is 0 Å². The van der Waals surface area contributed by atoms with E-state index in [1.54, 1.807) is 4.68 Å². The van der Waals surface area contributed by atoms with Crippen LogP contribution < -0.4 is 5.32 Å². The molecule has 3 nitrogen and oxygen atoms in total. The van der Waals surface area contributed by atoms with Crippen molar-refractivity contribution in [2.45, 2.75) is 6.92 Å². The second kappa shape index (κ2) is 3.23. The van der Waals surface area contributed by atoms with E-state index in [0.717, 1.165) is 17.9 Å². The van der Waals surface area contributed by atoms with Crippen LogP contribution in [0.15, 0.2) is 24.4 Å². The number of aromatic nitrogens is 2. The van der Waals surface area contributed by atoms with Crippen molar-refractivity contribution in [2.24, 2.45) is 7.05 Å². The van der Waals surface area contributed by atoms with Crippen LogP contribution in [-0.2, 0) is 7.05 Å². The molecule has 3 heteroatoms. The minimum atomic E-state index is 0.789. The van der Waals surface area contributed by atoms with Crippen molar-refractivity contribution in [3.8, 4) is 0 Å². The number of aryl methyl sites for hydroxylation is 1. The first kappa shape index (κ1) is 7.85. The third-order valence-corrected chi connectivity index (χ3v) is 1.28. The number of rotatable bonds is 3. The molecule has 0 atom stereocenters. The summed E-state index contributed by atoms with van der Waals surface area (Å²) in [5.41, 5.74) is 1.11. The highest BCUT2D eigenvalue weighted by Gasteiger charge is 1.93. The van der Waals surface area contributed by atoms with Gasteiger partial charge in [-0.3, -0.25) is 4.68 Å². The van der Waals surface area contributed by atoms with E-state index in [-0.39, 0.29) is 0 Å². The van der Waals surface area contributed by atoms with Gasteiger partial charge in [0.1, 0.15) is 5.82 Å². The summed E-state index contributed by atoms with van der Waals surface area (Å²) in [6, 6.07) is 1.93. The Morgan fingerprint density at radius 2 is 2.55 bits per heavy atom. The summed E-state index contributed by atoms with van der Waals surface area (Å²) in [4.78, 5) is 0. The van der Waals surface area contributed by atoms with Crippen LogP contribution in [0.2, 0.25) is 0 Å². The van der Waals surface area contributed by atoms with Crippen LogP contribution in [0.4, 0.5) is 5.82 Å². The molecule has 0 amide bonds. The maximum absolute atomic E-state index is 4.15. The predicted octanol–water partition coefficient (Wildman–Crippen LogP) is 1.41. The molecule has 0 aliphatic carbocycles. The Balaban J connectivity index is 2.45. The van der Waals surface area contributed by atoms with Gasteiger partial charge in [0.15, 0.2) is 0 Å². The monoisotopic (exact) mass is 151 g/mol. The number of nitrogens with zero attached hydrogens (tertiary/aromatic N) is 2. The summed E-state index contributed by atoms with van der Waals surface area (Å²) in [5, 5.41) is 7.28. The van der Waals surface area contributed by atoms with Gasteiger partial charge < -0.3 is 5.32 Å². The molecule has 0 aromatic carbocycles. The normalized spacial score (nSPS) is 9.64. The van der Waals surface area contributed by atoms with Gasteiger partial charge in [-0.1, -0.05) is 12.2 Å². The van der Waals surface area contributed by atoms with Gasteiger partial charge in [-0.25, -0.2) is 0 Å². The van der Waals surface area contributed by atoms with Crippen LogP contribution in [-0.4, -0.2) is 16.3 Å². The van der Waals surface area contributed by atoms with Gasteiger partial charge in [-0.05, 0) is 6.92 Å². The van der Waals surface area contributed by atoms with Crippen LogP contribution in [0.3, 0.4) is 0 Å². The first-order valence-electron chi connectivity index (χ1n) is 3.56. The molecule has 60 valence electrons. The quantitative estimate of drug-likeness (QED) is 0.662. The molecule has 1 rings (SSSR count). The average molecular weight is 151 g/mol. The first-order chi connectivity index (χ1) is 5.18. The number of hydrogen-bond donors (Lipinski definition) is 1. The fourth-order valence-electron chi connectivity index (χ4n) is 0.751. The van der Waals surface area contributed by atoms with E-state index >= 15 is 0 Å². The molecule has 0 fully saturated rings. The lowest BCUT2D eigenvalue weighted by Crippen LogP contribution is -2.02. The highest BCUT2D eigenvalue weighted by Crippen LogP contribution is 2.00. The standard InChI is InChI=1S/C8H13N3/c1-7(2)6-9-8-4-5-11(3)10-8/h4-5H,1,6H2,2-3H3,(H,9,10). The van der Waals surface area contributed by atoms with E-state index < -0.39 is 0 Å². The Bertz CT molecular complexity index is 250. The molecule has 11 heavy (non-hydrogen) atoms. The summed E-state index contributed by atoms with van der Waals surface area (Å²) in [6.07, 6.45) is 1.90. The molecule has 0 radical (unpaired) electrons. The minimum Gasteiger partial charge on any atom is -0.365 e. The molecule has 1 aromatic heterocycles. The second-order valence-corrected chi connectivity index (χ2v) is 2.69. The fraction of sp³-hybridized carbons (Fsp3) is 0.375. The molecule has 0 unspecified atom stereocenters. The number of nitrogens with one attached hydrogen (secondary N) is 1. The smallest absolute Gasteiger partial charge is 0.148 e. The van der Waals surface area contributed by atoms with Crippen molar-refractivity contribution in [2.75, 3.05) is 11.9 Å². The topological polar surface area (TPSA) is 29.9 Å². The van der Waals surface area contributed by atoms with Crippen LogP contribution in [0.25, 0.3) is 0 Å². The number of hydrogen-bond acceptors (Lipinski definition) is 2. The van der Waals surface area contributed by atoms with Crippen molar-refractivity contribution < 1.29 is 0 Å². The van der Waals surface area contributed by atoms with Crippen LogP contribution in [0.5, 0.6) is 0 Å². The van der Waals surface area contributed by atoms with Crippen molar-refractivity contribution >= 4 is 5.82 Å². The number of anilines is 1. The molecule has 1 aromatic rings. The van der Waals surface area contributed by atoms with Crippen LogP contribution in [0, 0.1) is 0 Å². The Morgan fingerprint density at radius 1 is 1.82 bits per heavy atom. The third-order valence-electron chi connectivity index (χ3n) is 1.28. The lowest BCUT2D eigenvalue weighted by atomic mass is 10.3. The zero-order valence-electron chi connectivity index (χ0n) is 6.96. The van der Waals surface area contributed by atoms with E-state index in [9.17, 15) is 0 Å². The maximum Gasteiger partial charge on any atom is 0.148 e. The Hall–Kier alpha value is -1.25. The summed E-state index contributed by atoms with van der Waals surface area (Å²) in [5.74, 6) is 0.899. The van der Waals surface area contributed by atoms with Gasteiger partial charge >= 0.3 is 0 Å². The SMILES string of the molecule is C=C(C)CNc1ccn(C)n1. The lowest BCUT2D eigenvalue weighted by molar-refractivity contribution is 0.769. The summed E-state index contributed by atoms with van der Waals surface area (Å²) in [6.45, 7) is 6.55. The maximum atomic E-state index is 4.15. The Kier molecular flexibility index (Phi) is 2.31. The van der Waals surface area contributed by atoms with E-state index in [0.29, 0.717) is 0 Å². The molecular formula is C8H13N3. The van der Waals surface area contributed by atoms with Gasteiger partial charge in [-0.15, -0.1) is 0 Å². The Labute approximate surface area is 66.7 Å². The molecule has 0 aliphatic heterocycles. The zero-order valence-corrected chi connectivity index (χ0v) is 6.96. The molecule has 0 saturated carbocycles. The first-order valence-corrected chi connectivity index (χ1v) is 3.56. The van der Waals surface area contributed by atoms with Crippen LogP contribution >= 0.6 is 0 Å². The van der Waals surface area contributed by atoms with Gasteiger partial charge in [0, 0.05) is 25.9 Å². The van der Waals surface area contributed by atoms with Gasteiger partial charge in [0.25, 0.3) is 0 Å². The molecule has 1 heterocycles. The molecule has 0 spiro atoms. The van der Waals surface area contributed by atoms with Crippen molar-refractivity contribution in [3.63, 3.8) is 0 Å². The van der Waals surface area contributed by atoms with Crippen molar-refractivity contribution in [1.82, 2.24) is 9.78 Å². The molecule has 0 saturated heterocycles. The predicted molar refractivity (Wildman–Crippen MR) is 46.5 cm³/mol. The highest BCUT2D eigenvalue weighted by molar-refractivity contribution is 5.33. The summed E-state index contributed by atoms with van der Waals surface area (Å²) >= 11 is 0. The van der Waals surface area contributed by atoms with E-state index in [1.807, 2.05) is 26.2 Å². The van der Waals surface area contributed by atoms with Gasteiger partial charge in [-0.2, -0.15) is 5.10 Å². The Morgan fingerprint density at radius 3 is 3.00 bits per heavy atom. The van der Waals surface area contributed by atoms with E-state index in [1.165, 1.54) is 0 Å². The third kappa shape index (κ3) is 2.45. The van der Waals surface area contributed by atoms with Crippen LogP contribution in [0.1, 0.15) is 6.92 Å². The molecular weight excluding hydrogens is 138 g/mol. The molecule has 0 bridgehead atoms. The molecule has 0 aliphatic rings. The zero-order chi connectivity index (χ0) is 8.27. The fourth-order valence-corrected chi connectivity index (χ4v) is 0.751. The second-order valence-electron chi connectivity index (χ2n) is 2.69. The summed E-state index contributed by atoms with van der Waals surface area (Å²) < 4.78 is 1.76. The van der Waals surface area contributed by atoms with E-state index in [4.69, 9.17) is 0 Å². The average Bonchev–Trinajstić information content (AvgIpc) is 2.31. The summed E-state index contributed by atoms with van der Waals surface area (Å²) in [7, 11) is 1.89. The largest absolute Gasteiger partial charge is 0.365 e. The van der Waals surface area contributed by atoms with Crippen molar-refractivity contribution in [1.29, 1.82) is 0 Å². The molecule has 1 N–H and O–H groups in total. The lowest BCUT2D eigenvalue weighted by Gasteiger charge is -1.99. The van der Waals surface area contributed by atoms with E-state index in [2.05, 4.69) is 17.0 Å². The van der Waals surface area contributed by atoms with Crippen molar-refractivity contribution in [3.05, 3.63) is 24.4 Å². The van der Waals surface area contributed by atoms with Gasteiger partial charge in [0.2, 0.25) is 0 Å².